The highest BCUT2D eigenvalue weighted by molar-refractivity contribution is 5.70. The van der Waals surface area contributed by atoms with E-state index in [9.17, 15) is 30.0 Å². The molecule has 6 atom stereocenters. The predicted octanol–water partition coefficient (Wildman–Crippen LogP) is 11.2. The molecule has 1 fully saturated rings. The highest BCUT2D eigenvalue weighted by atomic mass is 16.7. The van der Waals surface area contributed by atoms with Crippen LogP contribution < -0.4 is 0 Å². The lowest BCUT2D eigenvalue weighted by Crippen LogP contribution is -2.59. The van der Waals surface area contributed by atoms with E-state index in [-0.39, 0.29) is 32.0 Å². The molecule has 10 heteroatoms. The number of unbranched alkanes of at least 4 members (excludes halogenated alkanes) is 22. The Kier molecular flexibility index (Phi) is 38.7. The molecule has 354 valence electrons. The van der Waals surface area contributed by atoms with Gasteiger partial charge in [-0.05, 0) is 57.8 Å². The number of aliphatic hydroxyl groups excluding tert-OH is 4. The van der Waals surface area contributed by atoms with Crippen molar-refractivity contribution >= 4 is 11.9 Å². The summed E-state index contributed by atoms with van der Waals surface area (Å²) in [7, 11) is 0. The van der Waals surface area contributed by atoms with Crippen molar-refractivity contribution in [2.45, 2.75) is 243 Å². The molecule has 2 unspecified atom stereocenters. The zero-order valence-electron chi connectivity index (χ0n) is 38.7. The summed E-state index contributed by atoms with van der Waals surface area (Å²) in [5.41, 5.74) is 0. The van der Waals surface area contributed by atoms with Gasteiger partial charge < -0.3 is 39.4 Å². The van der Waals surface area contributed by atoms with E-state index in [0.29, 0.717) is 6.42 Å². The van der Waals surface area contributed by atoms with Crippen molar-refractivity contribution in [3.63, 3.8) is 0 Å². The van der Waals surface area contributed by atoms with Gasteiger partial charge in [-0.2, -0.15) is 0 Å². The molecule has 1 heterocycles. The number of ether oxygens (including phenoxy) is 4. The van der Waals surface area contributed by atoms with Gasteiger partial charge in [-0.15, -0.1) is 0 Å². The minimum Gasteiger partial charge on any atom is -0.462 e. The summed E-state index contributed by atoms with van der Waals surface area (Å²) in [4.78, 5) is 25.4. The number of rotatable bonds is 41. The molecule has 0 bridgehead atoms. The molecule has 0 amide bonds. The molecule has 0 saturated carbocycles. The van der Waals surface area contributed by atoms with Gasteiger partial charge in [0.05, 0.1) is 13.2 Å². The SMILES string of the molecule is CCCCC/C=C/C/C=C/C/C=C/C/C=C/CCCCCC(=O)O[C@H](COC(=O)CCCCCCCCCCCCCCCCCCC)CO[C@@H]1O[C@H](CO)[C@H](O)C(O)C1O. The predicted molar refractivity (Wildman–Crippen MR) is 247 cm³/mol. The molecule has 0 aromatic heterocycles. The third-order valence-electron chi connectivity index (χ3n) is 11.2. The fourth-order valence-corrected chi connectivity index (χ4v) is 7.29. The summed E-state index contributed by atoms with van der Waals surface area (Å²) in [6, 6.07) is 0. The van der Waals surface area contributed by atoms with Crippen molar-refractivity contribution in [1.82, 2.24) is 0 Å². The van der Waals surface area contributed by atoms with Crippen LogP contribution in [0.5, 0.6) is 0 Å². The number of carbonyl (C=O) groups is 2. The largest absolute Gasteiger partial charge is 0.462 e. The zero-order chi connectivity index (χ0) is 44.4. The minimum atomic E-state index is -1.60. The normalized spacial score (nSPS) is 20.1. The topological polar surface area (TPSA) is 152 Å². The number of allylic oxidation sites excluding steroid dienone is 8. The maximum atomic E-state index is 12.8. The third-order valence-corrected chi connectivity index (χ3v) is 11.2. The van der Waals surface area contributed by atoms with E-state index in [0.717, 1.165) is 57.8 Å². The first-order valence-corrected chi connectivity index (χ1v) is 24.7. The molecular formula is C51H90O10. The molecule has 1 rings (SSSR count). The standard InChI is InChI=1S/C51H90O10/c1-3-5-7-9-11-13-15-17-19-21-22-24-26-28-30-32-34-36-38-40-47(54)60-44(43-59-51-50(57)49(56)48(55)45(41-52)61-51)42-58-46(53)39-37-35-33-31-29-27-25-23-20-18-16-14-12-10-8-6-4-2/h11,13,17,19,22,24,28,30,44-45,48-52,55-57H,3-10,12,14-16,18,20-21,23,25-27,29,31-43H2,1-2H3/b13-11+,19-17+,24-22+,30-28+/t44-,45-,48+,49?,50?,51-/m1/s1. The Morgan fingerprint density at radius 1 is 0.508 bits per heavy atom. The Balaban J connectivity index is 2.32. The number of carbonyl (C=O) groups excluding carboxylic acids is 2. The minimum absolute atomic E-state index is 0.193. The second-order valence-corrected chi connectivity index (χ2v) is 16.9. The summed E-state index contributed by atoms with van der Waals surface area (Å²) in [6.45, 7) is 3.38. The van der Waals surface area contributed by atoms with Crippen LogP contribution in [0.4, 0.5) is 0 Å². The Morgan fingerprint density at radius 2 is 0.918 bits per heavy atom. The zero-order valence-corrected chi connectivity index (χ0v) is 38.7. The molecule has 61 heavy (non-hydrogen) atoms. The van der Waals surface area contributed by atoms with Gasteiger partial charge in [0, 0.05) is 12.8 Å². The molecule has 0 spiro atoms. The highest BCUT2D eigenvalue weighted by Crippen LogP contribution is 2.23. The number of hydrogen-bond donors (Lipinski definition) is 4. The lowest BCUT2D eigenvalue weighted by molar-refractivity contribution is -0.305. The van der Waals surface area contributed by atoms with E-state index in [4.69, 9.17) is 18.9 Å². The molecular weight excluding hydrogens is 773 g/mol. The second-order valence-electron chi connectivity index (χ2n) is 16.9. The molecule has 0 aromatic carbocycles. The molecule has 10 nitrogen and oxygen atoms in total. The van der Waals surface area contributed by atoms with E-state index in [2.05, 4.69) is 62.5 Å². The Morgan fingerprint density at radius 3 is 1.41 bits per heavy atom. The molecule has 1 aliphatic heterocycles. The van der Waals surface area contributed by atoms with Gasteiger partial charge in [-0.1, -0.05) is 184 Å². The van der Waals surface area contributed by atoms with Crippen molar-refractivity contribution in [1.29, 1.82) is 0 Å². The third kappa shape index (κ3) is 32.9. The maximum absolute atomic E-state index is 12.8. The van der Waals surface area contributed by atoms with Crippen LogP contribution in [0.25, 0.3) is 0 Å². The van der Waals surface area contributed by atoms with Crippen molar-refractivity contribution in [2.75, 3.05) is 19.8 Å². The Bertz CT molecular complexity index is 1130. The van der Waals surface area contributed by atoms with Crippen molar-refractivity contribution < 1.29 is 49.0 Å². The highest BCUT2D eigenvalue weighted by Gasteiger charge is 2.44. The van der Waals surface area contributed by atoms with Crippen molar-refractivity contribution in [3.05, 3.63) is 48.6 Å². The molecule has 0 aromatic rings. The van der Waals surface area contributed by atoms with Gasteiger partial charge >= 0.3 is 11.9 Å². The smallest absolute Gasteiger partial charge is 0.306 e. The van der Waals surface area contributed by atoms with Crippen LogP contribution in [0.3, 0.4) is 0 Å². The quantitative estimate of drug-likeness (QED) is 0.0265. The monoisotopic (exact) mass is 863 g/mol. The van der Waals surface area contributed by atoms with Gasteiger partial charge in [-0.3, -0.25) is 9.59 Å². The van der Waals surface area contributed by atoms with E-state index < -0.39 is 49.4 Å². The Labute approximate surface area is 371 Å². The van der Waals surface area contributed by atoms with E-state index in [1.165, 1.54) is 116 Å². The molecule has 0 radical (unpaired) electrons. The number of aliphatic hydroxyl groups is 4. The lowest BCUT2D eigenvalue weighted by atomic mass is 9.99. The first-order valence-electron chi connectivity index (χ1n) is 24.7. The lowest BCUT2D eigenvalue weighted by Gasteiger charge is -2.39. The van der Waals surface area contributed by atoms with Gasteiger partial charge in [0.1, 0.15) is 31.0 Å². The number of esters is 2. The van der Waals surface area contributed by atoms with E-state index in [1.54, 1.807) is 0 Å². The summed E-state index contributed by atoms with van der Waals surface area (Å²) in [5, 5.41) is 40.2. The van der Waals surface area contributed by atoms with Gasteiger partial charge in [0.15, 0.2) is 12.4 Å². The van der Waals surface area contributed by atoms with Crippen LogP contribution in [-0.4, -0.2) is 89.0 Å². The van der Waals surface area contributed by atoms with Crippen LogP contribution in [0, 0.1) is 0 Å². The average Bonchev–Trinajstić information content (AvgIpc) is 3.26. The maximum Gasteiger partial charge on any atom is 0.306 e. The van der Waals surface area contributed by atoms with E-state index >= 15 is 0 Å². The molecule has 1 saturated heterocycles. The summed E-state index contributed by atoms with van der Waals surface area (Å²) >= 11 is 0. The van der Waals surface area contributed by atoms with Gasteiger partial charge in [0.25, 0.3) is 0 Å². The summed E-state index contributed by atoms with van der Waals surface area (Å²) < 4.78 is 22.2. The first-order chi connectivity index (χ1) is 29.8. The molecule has 1 aliphatic rings. The average molecular weight is 863 g/mol. The molecule has 4 N–H and O–H groups in total. The van der Waals surface area contributed by atoms with Crippen LogP contribution >= 0.6 is 0 Å². The first kappa shape index (κ1) is 56.7. The van der Waals surface area contributed by atoms with E-state index in [1.807, 2.05) is 0 Å². The van der Waals surface area contributed by atoms with Crippen LogP contribution in [0.1, 0.15) is 206 Å². The Hall–Kier alpha value is -2.34. The molecule has 0 aliphatic carbocycles. The van der Waals surface area contributed by atoms with Crippen LogP contribution in [0.15, 0.2) is 48.6 Å². The fourth-order valence-electron chi connectivity index (χ4n) is 7.29. The van der Waals surface area contributed by atoms with Crippen molar-refractivity contribution in [2.24, 2.45) is 0 Å². The van der Waals surface area contributed by atoms with Crippen molar-refractivity contribution in [3.8, 4) is 0 Å². The van der Waals surface area contributed by atoms with Crippen LogP contribution in [-0.2, 0) is 28.5 Å². The van der Waals surface area contributed by atoms with Crippen LogP contribution in [0.2, 0.25) is 0 Å². The second kappa shape index (κ2) is 41.7. The summed E-state index contributed by atoms with van der Waals surface area (Å²) in [5.74, 6) is -0.837. The van der Waals surface area contributed by atoms with Gasteiger partial charge in [0.2, 0.25) is 0 Å². The number of hydrogen-bond acceptors (Lipinski definition) is 10. The fraction of sp³-hybridized carbons (Fsp3) is 0.804. The van der Waals surface area contributed by atoms with Gasteiger partial charge in [-0.25, -0.2) is 0 Å². The summed E-state index contributed by atoms with van der Waals surface area (Å²) in [6.07, 6.45) is 42.5.